The van der Waals surface area contributed by atoms with Gasteiger partial charge in [0.05, 0.1) is 28.5 Å². The van der Waals surface area contributed by atoms with Gasteiger partial charge in [0.1, 0.15) is 11.5 Å². The second kappa shape index (κ2) is 6.73. The van der Waals surface area contributed by atoms with Gasteiger partial charge in [-0.05, 0) is 36.5 Å². The molecule has 5 rings (SSSR count). The molecule has 10 heteroatoms. The van der Waals surface area contributed by atoms with Crippen molar-refractivity contribution in [2.24, 2.45) is 28.8 Å². The predicted octanol–water partition coefficient (Wildman–Crippen LogP) is 2.69. The van der Waals surface area contributed by atoms with Gasteiger partial charge < -0.3 is 9.52 Å². The summed E-state index contributed by atoms with van der Waals surface area (Å²) in [4.78, 5) is 47.1. The summed E-state index contributed by atoms with van der Waals surface area (Å²) < 4.78 is 5.60. The van der Waals surface area contributed by atoms with Gasteiger partial charge in [-0.25, -0.2) is 4.79 Å². The molecular weight excluding hydrogens is 406 g/mol. The van der Waals surface area contributed by atoms with E-state index in [1.807, 2.05) is 12.2 Å². The number of nitro benzene ring substituents is 1. The molecule has 156 valence electrons. The number of carbonyl (C=O) groups excluding carboxylic acids is 2. The molecule has 0 unspecified atom stereocenters. The van der Waals surface area contributed by atoms with E-state index < -0.39 is 10.9 Å². The molecule has 1 aliphatic heterocycles. The third kappa shape index (κ3) is 2.87. The van der Waals surface area contributed by atoms with Crippen LogP contribution >= 0.6 is 0 Å². The molecule has 0 radical (unpaired) electrons. The number of imide groups is 1. The third-order valence-corrected chi connectivity index (χ3v) is 6.08. The molecule has 2 fully saturated rings. The highest BCUT2D eigenvalue weighted by molar-refractivity contribution is 6.06. The Balaban J connectivity index is 1.39. The third-order valence-electron chi connectivity index (χ3n) is 6.08. The molecule has 2 amide bonds. The Morgan fingerprint density at radius 3 is 2.45 bits per heavy atom. The molecule has 1 saturated heterocycles. The zero-order valence-corrected chi connectivity index (χ0v) is 15.9. The summed E-state index contributed by atoms with van der Waals surface area (Å²) in [6.45, 7) is 0. The second-order valence-corrected chi connectivity index (χ2v) is 7.73. The number of hydrazone groups is 1. The Morgan fingerprint density at radius 1 is 1.16 bits per heavy atom. The van der Waals surface area contributed by atoms with Gasteiger partial charge in [0.15, 0.2) is 0 Å². The average molecular weight is 421 g/mol. The normalized spacial score (nSPS) is 26.3. The monoisotopic (exact) mass is 421 g/mol. The first kappa shape index (κ1) is 18.9. The maximum Gasteiger partial charge on any atom is 0.336 e. The van der Waals surface area contributed by atoms with Crippen molar-refractivity contribution in [3.8, 4) is 11.3 Å². The van der Waals surface area contributed by atoms with Crippen LogP contribution in [0.3, 0.4) is 0 Å². The van der Waals surface area contributed by atoms with Gasteiger partial charge in [0.2, 0.25) is 0 Å². The van der Waals surface area contributed by atoms with E-state index in [1.54, 1.807) is 0 Å². The fraction of sp³-hybridized carbons (Fsp3) is 0.238. The van der Waals surface area contributed by atoms with E-state index in [-0.39, 0.29) is 63.8 Å². The van der Waals surface area contributed by atoms with Crippen molar-refractivity contribution < 1.29 is 28.8 Å². The lowest BCUT2D eigenvalue weighted by Gasteiger charge is -2.13. The number of nitro groups is 1. The van der Waals surface area contributed by atoms with Gasteiger partial charge in [-0.3, -0.25) is 19.7 Å². The van der Waals surface area contributed by atoms with Crippen molar-refractivity contribution in [3.63, 3.8) is 0 Å². The van der Waals surface area contributed by atoms with Crippen LogP contribution in [0, 0.1) is 33.8 Å². The zero-order chi connectivity index (χ0) is 21.9. The molecule has 1 N–H and O–H groups in total. The lowest BCUT2D eigenvalue weighted by molar-refractivity contribution is -0.384. The number of carboxylic acids is 1. The first-order chi connectivity index (χ1) is 14.8. The van der Waals surface area contributed by atoms with Crippen molar-refractivity contribution in [2.45, 2.75) is 6.42 Å². The highest BCUT2D eigenvalue weighted by Crippen LogP contribution is 2.52. The maximum atomic E-state index is 12.6. The molecule has 2 aromatic rings. The van der Waals surface area contributed by atoms with Gasteiger partial charge in [0.25, 0.3) is 17.5 Å². The number of non-ortho nitro benzene ring substituents is 1. The van der Waals surface area contributed by atoms with Gasteiger partial charge >= 0.3 is 5.97 Å². The van der Waals surface area contributed by atoms with E-state index in [0.29, 0.717) is 0 Å². The fourth-order valence-electron chi connectivity index (χ4n) is 4.72. The summed E-state index contributed by atoms with van der Waals surface area (Å²) in [5, 5.41) is 25.2. The Kier molecular flexibility index (Phi) is 4.10. The van der Waals surface area contributed by atoms with Crippen LogP contribution in [0.1, 0.15) is 22.5 Å². The Hall–Kier alpha value is -4.08. The van der Waals surface area contributed by atoms with Gasteiger partial charge in [-0.2, -0.15) is 10.1 Å². The number of rotatable bonds is 5. The molecule has 2 aliphatic carbocycles. The first-order valence-corrected chi connectivity index (χ1v) is 9.57. The summed E-state index contributed by atoms with van der Waals surface area (Å²) in [7, 11) is 0. The minimum atomic E-state index is -1.34. The smallest absolute Gasteiger partial charge is 0.336 e. The van der Waals surface area contributed by atoms with Crippen molar-refractivity contribution in [1.82, 2.24) is 5.01 Å². The highest BCUT2D eigenvalue weighted by Gasteiger charge is 2.59. The van der Waals surface area contributed by atoms with Crippen LogP contribution in [0.15, 0.2) is 52.0 Å². The Morgan fingerprint density at radius 2 is 1.84 bits per heavy atom. The lowest BCUT2D eigenvalue weighted by atomic mass is 9.85. The topological polar surface area (TPSA) is 143 Å². The van der Waals surface area contributed by atoms with Crippen LogP contribution < -0.4 is 0 Å². The number of hydrogen-bond acceptors (Lipinski definition) is 7. The van der Waals surface area contributed by atoms with Gasteiger partial charge in [-0.1, -0.05) is 12.2 Å². The fourth-order valence-corrected chi connectivity index (χ4v) is 4.72. The molecule has 1 aromatic carbocycles. The maximum absolute atomic E-state index is 12.6. The molecule has 31 heavy (non-hydrogen) atoms. The molecule has 2 bridgehead atoms. The van der Waals surface area contributed by atoms with Crippen molar-refractivity contribution >= 4 is 29.7 Å². The van der Waals surface area contributed by atoms with E-state index in [4.69, 9.17) is 4.42 Å². The summed E-state index contributed by atoms with van der Waals surface area (Å²) in [6.07, 6.45) is 6.04. The Labute approximate surface area is 174 Å². The summed E-state index contributed by atoms with van der Waals surface area (Å²) >= 11 is 0. The molecular formula is C21H15N3O7. The second-order valence-electron chi connectivity index (χ2n) is 7.73. The number of amides is 2. The van der Waals surface area contributed by atoms with Crippen LogP contribution in [0.2, 0.25) is 0 Å². The SMILES string of the molecule is O=C(O)c1cc([N+](=O)[O-])ccc1-c1ccc(/C=N\N2C(=O)[C@@H]3[C@@H](C2=O)[C@H]2C=C[C@H]3C2)o1. The number of hydrogen-bond donors (Lipinski definition) is 1. The quantitative estimate of drug-likeness (QED) is 0.257. The standard InChI is InChI=1S/C21H15N3O7/c25-19-17-10-1-2-11(7-10)18(17)20(26)23(19)22-9-13-4-6-16(31-13)14-5-3-12(24(29)30)8-15(14)21(27)28/h1-6,8-11,17-18H,7H2,(H,27,28)/b22-9-/t10-,11-,17-,18-/m0/s1. The van der Waals surface area contributed by atoms with Gasteiger partial charge in [0, 0.05) is 17.7 Å². The van der Waals surface area contributed by atoms with Crippen molar-refractivity contribution in [3.05, 3.63) is 63.9 Å². The average Bonchev–Trinajstić information content (AvgIpc) is 3.51. The number of furan rings is 1. The molecule has 1 saturated carbocycles. The van der Waals surface area contributed by atoms with E-state index in [2.05, 4.69) is 5.10 Å². The number of aromatic carboxylic acids is 1. The molecule has 4 atom stereocenters. The minimum absolute atomic E-state index is 0.0819. The van der Waals surface area contributed by atoms with E-state index >= 15 is 0 Å². The minimum Gasteiger partial charge on any atom is -0.478 e. The molecule has 1 aromatic heterocycles. The number of nitrogens with zero attached hydrogens (tertiary/aromatic N) is 3. The number of fused-ring (bicyclic) bond motifs is 5. The summed E-state index contributed by atoms with van der Waals surface area (Å²) in [5.74, 6) is -2.17. The van der Waals surface area contributed by atoms with E-state index in [0.717, 1.165) is 17.5 Å². The van der Waals surface area contributed by atoms with E-state index in [1.165, 1.54) is 30.5 Å². The van der Waals surface area contributed by atoms with Gasteiger partial charge in [-0.15, -0.1) is 0 Å². The van der Waals surface area contributed by atoms with Crippen molar-refractivity contribution in [2.75, 3.05) is 0 Å². The number of benzene rings is 1. The molecule has 0 spiro atoms. The number of allylic oxidation sites excluding steroid dienone is 2. The van der Waals surface area contributed by atoms with Crippen LogP contribution in [-0.4, -0.2) is 39.0 Å². The van der Waals surface area contributed by atoms with Crippen LogP contribution in [-0.2, 0) is 9.59 Å². The summed E-state index contributed by atoms with van der Waals surface area (Å²) in [5.41, 5.74) is -0.481. The molecule has 10 nitrogen and oxygen atoms in total. The Bertz CT molecular complexity index is 1180. The largest absolute Gasteiger partial charge is 0.478 e. The van der Waals surface area contributed by atoms with Crippen molar-refractivity contribution in [1.29, 1.82) is 0 Å². The highest BCUT2D eigenvalue weighted by atomic mass is 16.6. The van der Waals surface area contributed by atoms with Crippen LogP contribution in [0.4, 0.5) is 5.69 Å². The first-order valence-electron chi connectivity index (χ1n) is 9.57. The number of carbonyl (C=O) groups is 3. The lowest BCUT2D eigenvalue weighted by Crippen LogP contribution is -2.28. The number of carboxylic acid groups (broad SMARTS) is 1. The summed E-state index contributed by atoms with van der Waals surface area (Å²) in [6, 6.07) is 6.42. The van der Waals surface area contributed by atoms with Crippen LogP contribution in [0.5, 0.6) is 0 Å². The molecule has 2 heterocycles. The van der Waals surface area contributed by atoms with Crippen LogP contribution in [0.25, 0.3) is 11.3 Å². The zero-order valence-electron chi connectivity index (χ0n) is 15.9. The van der Waals surface area contributed by atoms with E-state index in [9.17, 15) is 29.6 Å². The predicted molar refractivity (Wildman–Crippen MR) is 105 cm³/mol. The molecule has 3 aliphatic rings.